The summed E-state index contributed by atoms with van der Waals surface area (Å²) in [4.78, 5) is 2.21. The summed E-state index contributed by atoms with van der Waals surface area (Å²) in [5.74, 6) is 1.94. The first-order valence-electron chi connectivity index (χ1n) is 6.59. The fourth-order valence-corrected chi connectivity index (χ4v) is 2.49. The first-order valence-corrected chi connectivity index (χ1v) is 7.99. The quantitative estimate of drug-likeness (QED) is 0.795. The Morgan fingerprint density at radius 1 is 1.42 bits per heavy atom. The van der Waals surface area contributed by atoms with Gasteiger partial charge in [-0.15, -0.1) is 0 Å². The average molecular weight is 283 g/mol. The number of benzene rings is 1. The van der Waals surface area contributed by atoms with Gasteiger partial charge in [-0.2, -0.15) is 11.8 Å². The van der Waals surface area contributed by atoms with Crippen molar-refractivity contribution in [1.82, 2.24) is 4.90 Å². The highest BCUT2D eigenvalue weighted by atomic mass is 32.2. The lowest BCUT2D eigenvalue weighted by molar-refractivity contribution is 0.107. The standard InChI is InChI=1S/C15H25NO2S/c1-12(8-9-19-4)16(2)11-15(17)13-6-5-7-14(10-13)18-3/h5-7,10,12,15,17H,8-9,11H2,1-4H3. The summed E-state index contributed by atoms with van der Waals surface area (Å²) in [6, 6.07) is 8.11. The summed E-state index contributed by atoms with van der Waals surface area (Å²) in [5.41, 5.74) is 0.906. The molecule has 0 spiro atoms. The number of likely N-dealkylation sites (N-methyl/N-ethyl adjacent to an activating group) is 1. The summed E-state index contributed by atoms with van der Waals surface area (Å²) in [6.07, 6.45) is 2.79. The Morgan fingerprint density at radius 3 is 2.79 bits per heavy atom. The van der Waals surface area contributed by atoms with Crippen LogP contribution in [0.1, 0.15) is 25.0 Å². The number of nitrogens with zero attached hydrogens (tertiary/aromatic N) is 1. The van der Waals surface area contributed by atoms with Gasteiger partial charge < -0.3 is 14.7 Å². The molecule has 1 N–H and O–H groups in total. The van der Waals surface area contributed by atoms with Crippen molar-refractivity contribution >= 4 is 11.8 Å². The minimum Gasteiger partial charge on any atom is -0.497 e. The molecule has 0 saturated heterocycles. The molecule has 1 aromatic carbocycles. The number of aliphatic hydroxyl groups is 1. The van der Waals surface area contributed by atoms with Crippen LogP contribution < -0.4 is 4.74 Å². The molecular formula is C15H25NO2S. The second-order valence-corrected chi connectivity index (χ2v) is 5.85. The van der Waals surface area contributed by atoms with E-state index in [1.807, 2.05) is 36.0 Å². The largest absolute Gasteiger partial charge is 0.497 e. The van der Waals surface area contributed by atoms with Crippen molar-refractivity contribution in [2.45, 2.75) is 25.5 Å². The summed E-state index contributed by atoms with van der Waals surface area (Å²) >= 11 is 1.86. The zero-order valence-electron chi connectivity index (χ0n) is 12.3. The van der Waals surface area contributed by atoms with Gasteiger partial charge in [0.05, 0.1) is 13.2 Å². The Balaban J connectivity index is 2.55. The summed E-state index contributed by atoms with van der Waals surface area (Å²) < 4.78 is 5.18. The Morgan fingerprint density at radius 2 is 2.16 bits per heavy atom. The molecule has 0 bridgehead atoms. The van der Waals surface area contributed by atoms with E-state index in [2.05, 4.69) is 25.1 Å². The minimum absolute atomic E-state index is 0.475. The van der Waals surface area contributed by atoms with Crippen LogP contribution in [0.25, 0.3) is 0 Å². The molecule has 0 aliphatic carbocycles. The van der Waals surface area contributed by atoms with Crippen LogP contribution in [0.15, 0.2) is 24.3 Å². The molecule has 4 heteroatoms. The number of methoxy groups -OCH3 is 1. The molecule has 1 rings (SSSR count). The van der Waals surface area contributed by atoms with Gasteiger partial charge in [0.2, 0.25) is 0 Å². The first-order chi connectivity index (χ1) is 9.08. The van der Waals surface area contributed by atoms with E-state index in [0.717, 1.165) is 23.5 Å². The van der Waals surface area contributed by atoms with Crippen molar-refractivity contribution in [3.8, 4) is 5.75 Å². The molecule has 0 aromatic heterocycles. The maximum Gasteiger partial charge on any atom is 0.119 e. The lowest BCUT2D eigenvalue weighted by Crippen LogP contribution is -2.33. The third kappa shape index (κ3) is 5.43. The minimum atomic E-state index is -0.475. The van der Waals surface area contributed by atoms with Crippen LogP contribution in [0, 0.1) is 0 Å². The van der Waals surface area contributed by atoms with Crippen LogP contribution in [-0.2, 0) is 0 Å². The van der Waals surface area contributed by atoms with Crippen LogP contribution in [0.5, 0.6) is 5.75 Å². The Kier molecular flexibility index (Phi) is 7.28. The number of aliphatic hydroxyl groups excluding tert-OH is 1. The van der Waals surface area contributed by atoms with Gasteiger partial charge in [-0.05, 0) is 50.1 Å². The van der Waals surface area contributed by atoms with Crippen molar-refractivity contribution in [2.24, 2.45) is 0 Å². The SMILES string of the molecule is COc1cccc(C(O)CN(C)C(C)CCSC)c1. The monoisotopic (exact) mass is 283 g/mol. The van der Waals surface area contributed by atoms with Crippen molar-refractivity contribution in [3.63, 3.8) is 0 Å². The normalized spacial score (nSPS) is 14.4. The van der Waals surface area contributed by atoms with E-state index in [-0.39, 0.29) is 0 Å². The molecule has 0 saturated carbocycles. The summed E-state index contributed by atoms with van der Waals surface area (Å²) in [5, 5.41) is 10.3. The lowest BCUT2D eigenvalue weighted by Gasteiger charge is -2.27. The molecular weight excluding hydrogens is 258 g/mol. The van der Waals surface area contributed by atoms with Gasteiger partial charge in [-0.3, -0.25) is 0 Å². The smallest absolute Gasteiger partial charge is 0.119 e. The Labute approximate surface area is 121 Å². The second kappa shape index (κ2) is 8.46. The van der Waals surface area contributed by atoms with Gasteiger partial charge in [-0.25, -0.2) is 0 Å². The first kappa shape index (κ1) is 16.3. The second-order valence-electron chi connectivity index (χ2n) is 4.86. The lowest BCUT2D eigenvalue weighted by atomic mass is 10.1. The van der Waals surface area contributed by atoms with E-state index in [4.69, 9.17) is 4.74 Å². The van der Waals surface area contributed by atoms with Gasteiger partial charge in [0.1, 0.15) is 5.75 Å². The predicted molar refractivity (Wildman–Crippen MR) is 83.0 cm³/mol. The fourth-order valence-electron chi connectivity index (χ4n) is 1.92. The maximum atomic E-state index is 10.3. The number of hydrogen-bond donors (Lipinski definition) is 1. The predicted octanol–water partition coefficient (Wildman–Crippen LogP) is 2.80. The highest BCUT2D eigenvalue weighted by Gasteiger charge is 2.15. The van der Waals surface area contributed by atoms with Crippen LogP contribution >= 0.6 is 11.8 Å². The van der Waals surface area contributed by atoms with E-state index in [1.165, 1.54) is 0 Å². The van der Waals surface area contributed by atoms with E-state index in [1.54, 1.807) is 7.11 Å². The van der Waals surface area contributed by atoms with Crippen molar-refractivity contribution in [2.75, 3.05) is 32.7 Å². The molecule has 108 valence electrons. The third-order valence-electron chi connectivity index (χ3n) is 3.43. The number of hydrogen-bond acceptors (Lipinski definition) is 4. The van der Waals surface area contributed by atoms with Crippen LogP contribution in [0.3, 0.4) is 0 Å². The van der Waals surface area contributed by atoms with Gasteiger partial charge >= 0.3 is 0 Å². The number of thioether (sulfide) groups is 1. The molecule has 1 aromatic rings. The number of ether oxygens (including phenoxy) is 1. The maximum absolute atomic E-state index is 10.3. The van der Waals surface area contributed by atoms with Crippen LogP contribution in [0.2, 0.25) is 0 Å². The molecule has 2 atom stereocenters. The highest BCUT2D eigenvalue weighted by Crippen LogP contribution is 2.20. The third-order valence-corrected chi connectivity index (χ3v) is 4.08. The Hall–Kier alpha value is -0.710. The van der Waals surface area contributed by atoms with E-state index in [0.29, 0.717) is 12.6 Å². The van der Waals surface area contributed by atoms with Gasteiger partial charge in [0, 0.05) is 12.6 Å². The van der Waals surface area contributed by atoms with Crippen molar-refractivity contribution in [3.05, 3.63) is 29.8 Å². The van der Waals surface area contributed by atoms with E-state index < -0.39 is 6.10 Å². The fraction of sp³-hybridized carbons (Fsp3) is 0.600. The molecule has 0 radical (unpaired) electrons. The highest BCUT2D eigenvalue weighted by molar-refractivity contribution is 7.98. The summed E-state index contributed by atoms with van der Waals surface area (Å²) in [6.45, 7) is 2.84. The topological polar surface area (TPSA) is 32.7 Å². The van der Waals surface area contributed by atoms with Crippen molar-refractivity contribution < 1.29 is 9.84 Å². The van der Waals surface area contributed by atoms with Crippen LogP contribution in [-0.4, -0.2) is 48.8 Å². The van der Waals surface area contributed by atoms with Crippen LogP contribution in [0.4, 0.5) is 0 Å². The molecule has 0 heterocycles. The molecule has 3 nitrogen and oxygen atoms in total. The Bertz CT molecular complexity index is 373. The molecule has 0 aliphatic heterocycles. The molecule has 0 amide bonds. The number of rotatable bonds is 8. The van der Waals surface area contributed by atoms with E-state index in [9.17, 15) is 5.11 Å². The zero-order valence-corrected chi connectivity index (χ0v) is 13.1. The van der Waals surface area contributed by atoms with Gasteiger partial charge in [-0.1, -0.05) is 12.1 Å². The van der Waals surface area contributed by atoms with Gasteiger partial charge in [0.15, 0.2) is 0 Å². The molecule has 0 fully saturated rings. The zero-order chi connectivity index (χ0) is 14.3. The molecule has 2 unspecified atom stereocenters. The average Bonchev–Trinajstić information content (AvgIpc) is 2.44. The molecule has 19 heavy (non-hydrogen) atoms. The molecule has 0 aliphatic rings. The van der Waals surface area contributed by atoms with Crippen molar-refractivity contribution in [1.29, 1.82) is 0 Å². The summed E-state index contributed by atoms with van der Waals surface area (Å²) in [7, 11) is 3.70. The van der Waals surface area contributed by atoms with E-state index >= 15 is 0 Å². The van der Waals surface area contributed by atoms with Gasteiger partial charge in [0.25, 0.3) is 0 Å².